The van der Waals surface area contributed by atoms with Gasteiger partial charge in [0.15, 0.2) is 5.75 Å². The molecule has 0 unspecified atom stereocenters. The van der Waals surface area contributed by atoms with Crippen molar-refractivity contribution in [2.75, 3.05) is 10.6 Å². The average Bonchev–Trinajstić information content (AvgIpc) is 2.94. The number of aryl methyl sites for hydroxylation is 2. The smallest absolute Gasteiger partial charge is 0.328 e. The minimum atomic E-state index is -0.430. The fraction of sp³-hybridized carbons (Fsp3) is 0.0909. The number of hydrogen-bond acceptors (Lipinski definition) is 3. The Balaban J connectivity index is 1.73. The number of aromatic nitrogens is 2. The first-order valence-corrected chi connectivity index (χ1v) is 9.98. The van der Waals surface area contributed by atoms with Crippen molar-refractivity contribution in [1.82, 2.24) is 9.13 Å². The molecule has 2 amide bonds. The van der Waals surface area contributed by atoms with Crippen LogP contribution in [0.5, 0.6) is 11.5 Å². The lowest BCUT2D eigenvalue weighted by Crippen LogP contribution is -2.20. The third-order valence-electron chi connectivity index (χ3n) is 4.71. The van der Waals surface area contributed by atoms with Crippen molar-refractivity contribution >= 4 is 44.4 Å². The fourth-order valence-corrected chi connectivity index (χ4v) is 3.55. The number of imidazole rings is 1. The standard InChI is InChI=1S/C22H19BrN4O3/c1-26-18-12-17(25-21(28)24-16-11-7-6-10-15(16)23)20(13-19(18)27(2)22(26)29)30-14-8-4-3-5-9-14/h3-13H,1-2H3,(H2,24,25,28). The van der Waals surface area contributed by atoms with Crippen LogP contribution >= 0.6 is 15.9 Å². The number of ether oxygens (including phenoxy) is 1. The molecule has 1 heterocycles. The summed E-state index contributed by atoms with van der Waals surface area (Å²) in [4.78, 5) is 25.0. The molecule has 30 heavy (non-hydrogen) atoms. The number of para-hydroxylation sites is 2. The van der Waals surface area contributed by atoms with Crippen molar-refractivity contribution in [3.8, 4) is 11.5 Å². The Labute approximate surface area is 181 Å². The Kier molecular flexibility index (Phi) is 5.33. The first-order valence-electron chi connectivity index (χ1n) is 9.19. The van der Waals surface area contributed by atoms with E-state index in [1.165, 1.54) is 9.13 Å². The average molecular weight is 467 g/mol. The summed E-state index contributed by atoms with van der Waals surface area (Å²) in [6, 6.07) is 19.6. The van der Waals surface area contributed by atoms with E-state index in [1.54, 1.807) is 32.3 Å². The molecule has 7 nitrogen and oxygen atoms in total. The number of nitrogens with zero attached hydrogens (tertiary/aromatic N) is 2. The zero-order valence-electron chi connectivity index (χ0n) is 16.3. The van der Waals surface area contributed by atoms with E-state index >= 15 is 0 Å². The number of hydrogen-bond donors (Lipinski definition) is 2. The third kappa shape index (κ3) is 3.81. The summed E-state index contributed by atoms with van der Waals surface area (Å²) in [6.45, 7) is 0. The highest BCUT2D eigenvalue weighted by atomic mass is 79.9. The SMILES string of the molecule is Cn1c(=O)n(C)c2cc(Oc3ccccc3)c(NC(=O)Nc3ccccc3Br)cc21. The second-order valence-electron chi connectivity index (χ2n) is 6.71. The molecule has 0 aliphatic carbocycles. The monoisotopic (exact) mass is 466 g/mol. The van der Waals surface area contributed by atoms with Crippen LogP contribution in [-0.2, 0) is 14.1 Å². The van der Waals surface area contributed by atoms with Crippen LogP contribution < -0.4 is 21.1 Å². The Morgan fingerprint density at radius 1 is 0.867 bits per heavy atom. The molecule has 8 heteroatoms. The Bertz CT molecular complexity index is 1300. The van der Waals surface area contributed by atoms with Gasteiger partial charge in [-0.25, -0.2) is 9.59 Å². The Hall–Kier alpha value is -3.52. The van der Waals surface area contributed by atoms with Crippen molar-refractivity contribution in [2.45, 2.75) is 0 Å². The molecule has 0 saturated heterocycles. The quantitative estimate of drug-likeness (QED) is 0.440. The molecular weight excluding hydrogens is 448 g/mol. The number of fused-ring (bicyclic) bond motifs is 1. The molecule has 0 fully saturated rings. The lowest BCUT2D eigenvalue weighted by atomic mass is 10.2. The van der Waals surface area contributed by atoms with Crippen molar-refractivity contribution in [3.63, 3.8) is 0 Å². The predicted octanol–water partition coefficient (Wildman–Crippen LogP) is 5.08. The molecule has 0 spiro atoms. The van der Waals surface area contributed by atoms with E-state index < -0.39 is 6.03 Å². The van der Waals surface area contributed by atoms with Gasteiger partial charge in [0, 0.05) is 24.6 Å². The first kappa shape index (κ1) is 19.8. The van der Waals surface area contributed by atoms with Gasteiger partial charge in [-0.05, 0) is 46.3 Å². The zero-order chi connectivity index (χ0) is 21.3. The van der Waals surface area contributed by atoms with Crippen molar-refractivity contribution in [3.05, 3.63) is 81.7 Å². The van der Waals surface area contributed by atoms with Gasteiger partial charge in [0.1, 0.15) is 5.75 Å². The summed E-state index contributed by atoms with van der Waals surface area (Å²) in [6.07, 6.45) is 0. The van der Waals surface area contributed by atoms with Crippen LogP contribution in [0.2, 0.25) is 0 Å². The maximum atomic E-state index is 12.7. The Morgan fingerprint density at radius 2 is 1.47 bits per heavy atom. The fourth-order valence-electron chi connectivity index (χ4n) is 3.16. The first-order chi connectivity index (χ1) is 14.4. The second kappa shape index (κ2) is 8.08. The van der Waals surface area contributed by atoms with E-state index in [0.717, 1.165) is 4.47 Å². The molecule has 0 atom stereocenters. The molecule has 0 aliphatic rings. The number of amides is 2. The highest BCUT2D eigenvalue weighted by Crippen LogP contribution is 2.34. The summed E-state index contributed by atoms with van der Waals surface area (Å²) < 4.78 is 9.85. The molecule has 0 saturated carbocycles. The summed E-state index contributed by atoms with van der Waals surface area (Å²) in [5, 5.41) is 5.64. The predicted molar refractivity (Wildman–Crippen MR) is 121 cm³/mol. The van der Waals surface area contributed by atoms with Crippen LogP contribution in [0.3, 0.4) is 0 Å². The summed E-state index contributed by atoms with van der Waals surface area (Å²) in [5.74, 6) is 1.05. The molecule has 3 aromatic carbocycles. The molecule has 152 valence electrons. The van der Waals surface area contributed by atoms with Gasteiger partial charge in [-0.3, -0.25) is 9.13 Å². The number of rotatable bonds is 4. The van der Waals surface area contributed by atoms with Gasteiger partial charge in [-0.15, -0.1) is 0 Å². The van der Waals surface area contributed by atoms with Crippen LogP contribution in [0, 0.1) is 0 Å². The van der Waals surface area contributed by atoms with E-state index in [-0.39, 0.29) is 5.69 Å². The van der Waals surface area contributed by atoms with Crippen LogP contribution in [0.25, 0.3) is 11.0 Å². The third-order valence-corrected chi connectivity index (χ3v) is 5.41. The molecule has 4 aromatic rings. The largest absolute Gasteiger partial charge is 0.455 e. The maximum absolute atomic E-state index is 12.7. The number of halogens is 1. The topological polar surface area (TPSA) is 77.3 Å². The number of anilines is 2. The molecule has 4 rings (SSSR count). The number of benzene rings is 3. The molecule has 0 radical (unpaired) electrons. The summed E-state index contributed by atoms with van der Waals surface area (Å²) in [7, 11) is 3.39. The van der Waals surface area contributed by atoms with Crippen LogP contribution in [0.1, 0.15) is 0 Å². The Morgan fingerprint density at radius 3 is 2.17 bits per heavy atom. The molecular formula is C22H19BrN4O3. The number of carbonyl (C=O) groups is 1. The van der Waals surface area contributed by atoms with E-state index in [4.69, 9.17) is 4.74 Å². The maximum Gasteiger partial charge on any atom is 0.328 e. The van der Waals surface area contributed by atoms with Crippen molar-refractivity contribution in [1.29, 1.82) is 0 Å². The van der Waals surface area contributed by atoms with Crippen molar-refractivity contribution in [2.24, 2.45) is 14.1 Å². The molecule has 1 aromatic heterocycles. The highest BCUT2D eigenvalue weighted by Gasteiger charge is 2.16. The van der Waals surface area contributed by atoms with Crippen LogP contribution in [-0.4, -0.2) is 15.2 Å². The van der Waals surface area contributed by atoms with Crippen molar-refractivity contribution < 1.29 is 9.53 Å². The van der Waals surface area contributed by atoms with E-state index in [9.17, 15) is 9.59 Å². The lowest BCUT2D eigenvalue weighted by Gasteiger charge is -2.14. The van der Waals surface area contributed by atoms with E-state index in [2.05, 4.69) is 26.6 Å². The summed E-state index contributed by atoms with van der Waals surface area (Å²) in [5.41, 5.74) is 2.29. The second-order valence-corrected chi connectivity index (χ2v) is 7.57. The van der Waals surface area contributed by atoms with Crippen LogP contribution in [0.15, 0.2) is 76.0 Å². The number of urea groups is 1. The highest BCUT2D eigenvalue weighted by molar-refractivity contribution is 9.10. The number of carbonyl (C=O) groups excluding carboxylic acids is 1. The van der Waals surface area contributed by atoms with Gasteiger partial charge in [-0.1, -0.05) is 30.3 Å². The van der Waals surface area contributed by atoms with E-state index in [0.29, 0.717) is 33.9 Å². The van der Waals surface area contributed by atoms with E-state index in [1.807, 2.05) is 48.5 Å². The van der Waals surface area contributed by atoms with Gasteiger partial charge in [0.25, 0.3) is 0 Å². The number of nitrogens with one attached hydrogen (secondary N) is 2. The molecule has 0 bridgehead atoms. The van der Waals surface area contributed by atoms with Gasteiger partial charge in [-0.2, -0.15) is 0 Å². The van der Waals surface area contributed by atoms with Gasteiger partial charge in [0.05, 0.1) is 22.4 Å². The minimum absolute atomic E-state index is 0.162. The van der Waals surface area contributed by atoms with Crippen LogP contribution in [0.4, 0.5) is 16.2 Å². The normalized spacial score (nSPS) is 10.8. The van der Waals surface area contributed by atoms with Gasteiger partial charge in [0.2, 0.25) is 0 Å². The minimum Gasteiger partial charge on any atom is -0.455 e. The lowest BCUT2D eigenvalue weighted by molar-refractivity contribution is 0.262. The van der Waals surface area contributed by atoms with Gasteiger partial charge >= 0.3 is 11.7 Å². The molecule has 2 N–H and O–H groups in total. The van der Waals surface area contributed by atoms with Gasteiger partial charge < -0.3 is 15.4 Å². The zero-order valence-corrected chi connectivity index (χ0v) is 17.9. The summed E-state index contributed by atoms with van der Waals surface area (Å²) >= 11 is 3.41. The molecule has 0 aliphatic heterocycles.